The molecule has 0 saturated heterocycles. The van der Waals surface area contributed by atoms with Crippen molar-refractivity contribution in [3.8, 4) is 5.75 Å². The van der Waals surface area contributed by atoms with Gasteiger partial charge in [0, 0.05) is 41.4 Å². The predicted octanol–water partition coefficient (Wildman–Crippen LogP) is 4.97. The van der Waals surface area contributed by atoms with Gasteiger partial charge in [0.05, 0.1) is 17.1 Å². The first-order chi connectivity index (χ1) is 17.0. The second-order valence-electron chi connectivity index (χ2n) is 11.6. The van der Waals surface area contributed by atoms with E-state index in [9.17, 15) is 9.59 Å². The number of pyridine rings is 1. The van der Waals surface area contributed by atoms with E-state index in [1.165, 1.54) is 12.8 Å². The molecule has 36 heavy (non-hydrogen) atoms. The van der Waals surface area contributed by atoms with Crippen LogP contribution in [-0.4, -0.2) is 53.0 Å². The van der Waals surface area contributed by atoms with Crippen LogP contribution in [0.3, 0.4) is 0 Å². The first-order valence-electron chi connectivity index (χ1n) is 13.2. The standard InChI is InChI=1S/C29H38ClN3O3/c1-16-13-17(2)31-27(34)23(16)15-33-12-11-21-24(28(33)35)18(3)26-22(25(21)30)14-29(4,36-26)19-7-9-20(10-8-19)32(5)6/h13,19-20H,7-12,14-15H2,1-6H3,(H,31,34)/t19?,20?,29-/m0/s1. The van der Waals surface area contributed by atoms with E-state index in [2.05, 4.69) is 30.9 Å². The minimum Gasteiger partial charge on any atom is -0.486 e. The van der Waals surface area contributed by atoms with E-state index in [-0.39, 0.29) is 17.1 Å². The van der Waals surface area contributed by atoms with Crippen molar-refractivity contribution < 1.29 is 9.53 Å². The van der Waals surface area contributed by atoms with Crippen LogP contribution >= 0.6 is 11.6 Å². The third kappa shape index (κ3) is 4.16. The summed E-state index contributed by atoms with van der Waals surface area (Å²) >= 11 is 7.00. The van der Waals surface area contributed by atoms with Crippen LogP contribution in [0.15, 0.2) is 10.9 Å². The van der Waals surface area contributed by atoms with Crippen molar-refractivity contribution in [3.63, 3.8) is 0 Å². The number of hydrogen-bond acceptors (Lipinski definition) is 4. The second kappa shape index (κ2) is 9.21. The molecule has 7 heteroatoms. The molecule has 1 amide bonds. The third-order valence-electron chi connectivity index (χ3n) is 8.95. The zero-order valence-corrected chi connectivity index (χ0v) is 23.1. The molecule has 1 N–H and O–H groups in total. The predicted molar refractivity (Wildman–Crippen MR) is 143 cm³/mol. The summed E-state index contributed by atoms with van der Waals surface area (Å²) in [5.74, 6) is 1.20. The molecule has 1 fully saturated rings. The minimum absolute atomic E-state index is 0.0680. The van der Waals surface area contributed by atoms with Crippen LogP contribution in [0.25, 0.3) is 0 Å². The van der Waals surface area contributed by atoms with Crippen molar-refractivity contribution in [3.05, 3.63) is 60.5 Å². The smallest absolute Gasteiger partial charge is 0.254 e. The van der Waals surface area contributed by atoms with E-state index in [1.807, 2.05) is 26.8 Å². The van der Waals surface area contributed by atoms with Gasteiger partial charge in [-0.05, 0) is 97.0 Å². The Morgan fingerprint density at radius 2 is 1.83 bits per heavy atom. The van der Waals surface area contributed by atoms with Gasteiger partial charge < -0.3 is 19.5 Å². The molecule has 1 aliphatic carbocycles. The number of hydrogen-bond donors (Lipinski definition) is 1. The average Bonchev–Trinajstić information content (AvgIpc) is 3.20. The molecule has 1 saturated carbocycles. The summed E-state index contributed by atoms with van der Waals surface area (Å²) in [6.45, 7) is 8.85. The van der Waals surface area contributed by atoms with Crippen LogP contribution in [0.1, 0.15) is 76.5 Å². The van der Waals surface area contributed by atoms with Crippen molar-refractivity contribution in [2.75, 3.05) is 20.6 Å². The summed E-state index contributed by atoms with van der Waals surface area (Å²) in [4.78, 5) is 33.3. The molecule has 0 radical (unpaired) electrons. The highest BCUT2D eigenvalue weighted by Gasteiger charge is 2.46. The number of H-pyrrole nitrogens is 1. The number of aromatic nitrogens is 1. The molecule has 0 unspecified atom stereocenters. The lowest BCUT2D eigenvalue weighted by Crippen LogP contribution is -2.44. The molecular weight excluding hydrogens is 474 g/mol. The van der Waals surface area contributed by atoms with Crippen molar-refractivity contribution >= 4 is 17.5 Å². The number of ether oxygens (including phenoxy) is 1. The van der Waals surface area contributed by atoms with Gasteiger partial charge in [-0.25, -0.2) is 0 Å². The van der Waals surface area contributed by atoms with Gasteiger partial charge in [0.2, 0.25) is 0 Å². The number of halogens is 1. The van der Waals surface area contributed by atoms with Crippen molar-refractivity contribution in [2.45, 2.75) is 84.4 Å². The lowest BCUT2D eigenvalue weighted by molar-refractivity contribution is 0.0158. The largest absolute Gasteiger partial charge is 0.486 e. The summed E-state index contributed by atoms with van der Waals surface area (Å²) in [6.07, 6.45) is 6.12. The van der Waals surface area contributed by atoms with Crippen molar-refractivity contribution in [1.82, 2.24) is 14.8 Å². The molecule has 2 aliphatic heterocycles. The summed E-state index contributed by atoms with van der Waals surface area (Å²) in [7, 11) is 4.33. The number of benzene rings is 1. The second-order valence-corrected chi connectivity index (χ2v) is 12.0. The van der Waals surface area contributed by atoms with Gasteiger partial charge in [-0.1, -0.05) is 11.6 Å². The molecule has 1 atom stereocenters. The fourth-order valence-corrected chi connectivity index (χ4v) is 7.10. The Bertz CT molecular complexity index is 1280. The molecular formula is C29H38ClN3O3. The molecule has 0 bridgehead atoms. The van der Waals surface area contributed by atoms with Gasteiger partial charge >= 0.3 is 0 Å². The maximum atomic E-state index is 13.7. The quantitative estimate of drug-likeness (QED) is 0.629. The number of carbonyl (C=O) groups is 1. The first kappa shape index (κ1) is 25.3. The molecule has 0 spiro atoms. The third-order valence-corrected chi connectivity index (χ3v) is 9.41. The van der Waals surface area contributed by atoms with E-state index < -0.39 is 0 Å². The van der Waals surface area contributed by atoms with Crippen LogP contribution in [-0.2, 0) is 19.4 Å². The van der Waals surface area contributed by atoms with E-state index in [0.29, 0.717) is 47.6 Å². The number of aromatic amines is 1. The van der Waals surface area contributed by atoms with Crippen LogP contribution in [0, 0.1) is 26.7 Å². The summed E-state index contributed by atoms with van der Waals surface area (Å²) in [6, 6.07) is 2.59. The van der Waals surface area contributed by atoms with Crippen LogP contribution in [0.2, 0.25) is 5.02 Å². The van der Waals surface area contributed by atoms with Gasteiger partial charge in [-0.15, -0.1) is 0 Å². The van der Waals surface area contributed by atoms with Gasteiger partial charge in [0.25, 0.3) is 11.5 Å². The molecule has 1 aromatic carbocycles. The maximum Gasteiger partial charge on any atom is 0.254 e. The van der Waals surface area contributed by atoms with E-state index >= 15 is 0 Å². The Morgan fingerprint density at radius 1 is 1.14 bits per heavy atom. The van der Waals surface area contributed by atoms with E-state index in [1.54, 1.807) is 4.90 Å². The Kier molecular flexibility index (Phi) is 6.49. The molecule has 1 aromatic heterocycles. The Hall–Kier alpha value is -2.31. The fourth-order valence-electron chi connectivity index (χ4n) is 6.75. The van der Waals surface area contributed by atoms with E-state index in [0.717, 1.165) is 53.0 Å². The zero-order valence-electron chi connectivity index (χ0n) is 22.4. The van der Waals surface area contributed by atoms with Crippen molar-refractivity contribution in [2.24, 2.45) is 5.92 Å². The number of nitrogens with zero attached hydrogens (tertiary/aromatic N) is 2. The summed E-state index contributed by atoms with van der Waals surface area (Å²) < 4.78 is 6.74. The Labute approximate surface area is 219 Å². The summed E-state index contributed by atoms with van der Waals surface area (Å²) in [5, 5.41) is 0.702. The lowest BCUT2D eigenvalue weighted by Gasteiger charge is -2.40. The number of carbonyl (C=O) groups excluding carboxylic acids is 1. The minimum atomic E-state index is -0.299. The fraction of sp³-hybridized carbons (Fsp3) is 0.586. The number of aryl methyl sites for hydroxylation is 2. The molecule has 194 valence electrons. The normalized spacial score (nSPS) is 25.7. The highest BCUT2D eigenvalue weighted by molar-refractivity contribution is 6.33. The van der Waals surface area contributed by atoms with Gasteiger partial charge in [0.15, 0.2) is 0 Å². The number of amides is 1. The average molecular weight is 512 g/mol. The van der Waals surface area contributed by atoms with Gasteiger partial charge in [-0.3, -0.25) is 9.59 Å². The zero-order chi connectivity index (χ0) is 25.9. The molecule has 3 aliphatic rings. The Morgan fingerprint density at radius 3 is 2.47 bits per heavy atom. The molecule has 3 heterocycles. The van der Waals surface area contributed by atoms with Gasteiger partial charge in [-0.2, -0.15) is 0 Å². The topological polar surface area (TPSA) is 65.6 Å². The van der Waals surface area contributed by atoms with Crippen molar-refractivity contribution in [1.29, 1.82) is 0 Å². The van der Waals surface area contributed by atoms with Crippen LogP contribution in [0.4, 0.5) is 0 Å². The highest BCUT2D eigenvalue weighted by Crippen LogP contribution is 2.50. The Balaban J connectivity index is 1.43. The monoisotopic (exact) mass is 511 g/mol. The number of fused-ring (bicyclic) bond motifs is 2. The molecule has 5 rings (SSSR count). The lowest BCUT2D eigenvalue weighted by atomic mass is 9.74. The molecule has 6 nitrogen and oxygen atoms in total. The van der Waals surface area contributed by atoms with Crippen LogP contribution in [0.5, 0.6) is 5.75 Å². The first-order valence-corrected chi connectivity index (χ1v) is 13.6. The number of rotatable bonds is 4. The van der Waals surface area contributed by atoms with Crippen LogP contribution < -0.4 is 10.3 Å². The van der Waals surface area contributed by atoms with Gasteiger partial charge in [0.1, 0.15) is 11.4 Å². The number of nitrogens with one attached hydrogen (secondary N) is 1. The molecule has 2 aromatic rings. The highest BCUT2D eigenvalue weighted by atomic mass is 35.5. The van der Waals surface area contributed by atoms with E-state index in [4.69, 9.17) is 16.3 Å². The summed E-state index contributed by atoms with van der Waals surface area (Å²) in [5.41, 5.74) is 5.49. The maximum absolute atomic E-state index is 13.7. The SMILES string of the molecule is Cc1cc(C)c(CN2CCc3c(Cl)c4c(c(C)c3C2=O)O[C@](C)(C2CCC(N(C)C)CC2)C4)c(=O)[nH]1.